The Labute approximate surface area is 229 Å². The van der Waals surface area contributed by atoms with Gasteiger partial charge < -0.3 is 5.11 Å². The summed E-state index contributed by atoms with van der Waals surface area (Å²) in [4.78, 5) is 3.71. The van der Waals surface area contributed by atoms with Gasteiger partial charge in [-0.05, 0) is 75.1 Å². The van der Waals surface area contributed by atoms with E-state index in [1.54, 1.807) is 11.8 Å². The fourth-order valence-corrected chi connectivity index (χ4v) is 8.68. The number of aryl methyl sites for hydroxylation is 1. The molecule has 36 heavy (non-hydrogen) atoms. The third-order valence-electron chi connectivity index (χ3n) is 6.04. The van der Waals surface area contributed by atoms with Crippen molar-refractivity contribution < 1.29 is 5.11 Å². The lowest BCUT2D eigenvalue weighted by molar-refractivity contribution is 0.0742. The Morgan fingerprint density at radius 1 is 0.611 bits per heavy atom. The van der Waals surface area contributed by atoms with Crippen LogP contribution in [-0.4, -0.2) is 20.0 Å². The molecule has 0 aromatic heterocycles. The highest BCUT2D eigenvalue weighted by atomic mass is 32.2. The highest BCUT2D eigenvalue weighted by Crippen LogP contribution is 2.54. The molecule has 0 saturated heterocycles. The highest BCUT2D eigenvalue weighted by molar-refractivity contribution is 8.18. The summed E-state index contributed by atoms with van der Waals surface area (Å²) in [6.45, 7) is 3.91. The topological polar surface area (TPSA) is 20.2 Å². The van der Waals surface area contributed by atoms with Crippen LogP contribution >= 0.6 is 35.3 Å². The Morgan fingerprint density at radius 3 is 1.47 bits per heavy atom. The minimum atomic E-state index is -0.840. The van der Waals surface area contributed by atoms with Crippen molar-refractivity contribution in [2.75, 3.05) is 0 Å². The van der Waals surface area contributed by atoms with Crippen LogP contribution in [0.4, 0.5) is 0 Å². The molecular formula is C32H34OS3. The van der Waals surface area contributed by atoms with Crippen molar-refractivity contribution in [1.29, 1.82) is 0 Å². The standard InChI is InChI=1S/C32H34OS3/c1-31(2,33)30(34-27-17-9-4-10-18-27)25-32(35-28-19-11-5-12-20-28,36-29-21-13-6-14-22-29)24-23-26-15-7-3-8-16-26/h3-22,30,33H,23-25H2,1-2H3/t30-/m1/s1. The minimum absolute atomic E-state index is 0.0168. The fourth-order valence-electron chi connectivity index (χ4n) is 4.08. The van der Waals surface area contributed by atoms with Gasteiger partial charge in [0.05, 0.1) is 9.68 Å². The first-order valence-electron chi connectivity index (χ1n) is 12.4. The van der Waals surface area contributed by atoms with Crippen molar-refractivity contribution in [3.8, 4) is 0 Å². The maximum Gasteiger partial charge on any atom is 0.0720 e. The minimum Gasteiger partial charge on any atom is -0.389 e. The third kappa shape index (κ3) is 8.21. The molecule has 1 N–H and O–H groups in total. The van der Waals surface area contributed by atoms with Gasteiger partial charge in [0.1, 0.15) is 0 Å². The molecule has 4 aromatic carbocycles. The summed E-state index contributed by atoms with van der Waals surface area (Å²) in [7, 11) is 0. The molecular weight excluding hydrogens is 497 g/mol. The van der Waals surface area contributed by atoms with Gasteiger partial charge in [-0.3, -0.25) is 0 Å². The van der Waals surface area contributed by atoms with Crippen molar-refractivity contribution in [3.63, 3.8) is 0 Å². The largest absolute Gasteiger partial charge is 0.389 e. The lowest BCUT2D eigenvalue weighted by Crippen LogP contribution is -2.39. The molecule has 0 fully saturated rings. The van der Waals surface area contributed by atoms with Gasteiger partial charge in [-0.1, -0.05) is 84.9 Å². The van der Waals surface area contributed by atoms with Crippen LogP contribution < -0.4 is 0 Å². The SMILES string of the molecule is CC(C)(O)[C@@H](CC(CCc1ccccc1)(Sc1ccccc1)Sc1ccccc1)Sc1ccccc1. The second-order valence-corrected chi connectivity index (χ2v) is 14.0. The quantitative estimate of drug-likeness (QED) is 0.145. The molecule has 4 aromatic rings. The van der Waals surface area contributed by atoms with E-state index in [0.717, 1.165) is 19.3 Å². The molecule has 0 amide bonds. The molecule has 0 unspecified atom stereocenters. The van der Waals surface area contributed by atoms with Crippen LogP contribution in [0.1, 0.15) is 32.3 Å². The molecule has 4 heteroatoms. The van der Waals surface area contributed by atoms with Gasteiger partial charge in [-0.2, -0.15) is 0 Å². The predicted octanol–water partition coefficient (Wildman–Crippen LogP) is 9.22. The third-order valence-corrected chi connectivity index (χ3v) is 10.6. The van der Waals surface area contributed by atoms with Gasteiger partial charge in [0.2, 0.25) is 0 Å². The zero-order chi connectivity index (χ0) is 25.3. The van der Waals surface area contributed by atoms with E-state index in [1.807, 2.05) is 43.4 Å². The summed E-state index contributed by atoms with van der Waals surface area (Å²) in [5, 5.41) is 11.4. The van der Waals surface area contributed by atoms with Crippen LogP contribution in [0, 0.1) is 0 Å². The van der Waals surface area contributed by atoms with E-state index in [0.29, 0.717) is 0 Å². The first-order chi connectivity index (χ1) is 17.4. The first kappa shape index (κ1) is 26.9. The second kappa shape index (κ2) is 12.9. The number of benzene rings is 4. The van der Waals surface area contributed by atoms with Gasteiger partial charge in [-0.15, -0.1) is 35.3 Å². The molecule has 0 aliphatic rings. The zero-order valence-electron chi connectivity index (χ0n) is 20.9. The number of hydrogen-bond acceptors (Lipinski definition) is 4. The van der Waals surface area contributed by atoms with E-state index < -0.39 is 5.60 Å². The van der Waals surface area contributed by atoms with Crippen LogP contribution in [0.5, 0.6) is 0 Å². The fraction of sp³-hybridized carbons (Fsp3) is 0.250. The van der Waals surface area contributed by atoms with Crippen molar-refractivity contribution >= 4 is 35.3 Å². The van der Waals surface area contributed by atoms with E-state index in [2.05, 4.69) is 115 Å². The van der Waals surface area contributed by atoms with Gasteiger partial charge in [-0.25, -0.2) is 0 Å². The lowest BCUT2D eigenvalue weighted by Gasteiger charge is -2.40. The molecule has 0 heterocycles. The second-order valence-electron chi connectivity index (χ2n) is 9.50. The maximum absolute atomic E-state index is 11.4. The Kier molecular flexibility index (Phi) is 9.66. The summed E-state index contributed by atoms with van der Waals surface area (Å²) in [5.41, 5.74) is 0.507. The number of thioether (sulfide) groups is 3. The van der Waals surface area contributed by atoms with Crippen LogP contribution in [-0.2, 0) is 6.42 Å². The molecule has 0 aliphatic carbocycles. The number of aliphatic hydroxyl groups is 1. The number of hydrogen-bond donors (Lipinski definition) is 1. The molecule has 4 rings (SSSR count). The van der Waals surface area contributed by atoms with Crippen LogP contribution in [0.25, 0.3) is 0 Å². The van der Waals surface area contributed by atoms with Crippen molar-refractivity contribution in [1.82, 2.24) is 0 Å². The van der Waals surface area contributed by atoms with Crippen LogP contribution in [0.2, 0.25) is 0 Å². The predicted molar refractivity (Wildman–Crippen MR) is 159 cm³/mol. The number of rotatable bonds is 12. The summed E-state index contributed by atoms with van der Waals surface area (Å²) in [6.07, 6.45) is 2.81. The molecule has 1 atom stereocenters. The van der Waals surface area contributed by atoms with E-state index in [4.69, 9.17) is 0 Å². The Morgan fingerprint density at radius 2 is 1.03 bits per heavy atom. The van der Waals surface area contributed by atoms with Crippen LogP contribution in [0.15, 0.2) is 136 Å². The highest BCUT2D eigenvalue weighted by Gasteiger charge is 2.40. The Balaban J connectivity index is 1.72. The monoisotopic (exact) mass is 530 g/mol. The molecule has 0 aliphatic heterocycles. The summed E-state index contributed by atoms with van der Waals surface area (Å²) >= 11 is 5.68. The average Bonchev–Trinajstić information content (AvgIpc) is 2.89. The van der Waals surface area contributed by atoms with Crippen molar-refractivity contribution in [2.24, 2.45) is 0 Å². The smallest absolute Gasteiger partial charge is 0.0720 e. The van der Waals surface area contributed by atoms with Crippen molar-refractivity contribution in [3.05, 3.63) is 127 Å². The molecule has 0 bridgehead atoms. The molecule has 1 nitrogen and oxygen atoms in total. The van der Waals surface area contributed by atoms with Crippen LogP contribution in [0.3, 0.4) is 0 Å². The Hall–Kier alpha value is -2.11. The first-order valence-corrected chi connectivity index (χ1v) is 14.9. The van der Waals surface area contributed by atoms with Crippen molar-refractivity contribution in [2.45, 2.75) is 62.7 Å². The van der Waals surface area contributed by atoms with Gasteiger partial charge >= 0.3 is 0 Å². The normalized spacial score (nSPS) is 12.9. The molecule has 0 saturated carbocycles. The van der Waals surface area contributed by atoms with Gasteiger partial charge in [0, 0.05) is 19.9 Å². The van der Waals surface area contributed by atoms with Gasteiger partial charge in [0.25, 0.3) is 0 Å². The van der Waals surface area contributed by atoms with E-state index >= 15 is 0 Å². The maximum atomic E-state index is 11.4. The summed E-state index contributed by atoms with van der Waals surface area (Å²) in [6, 6.07) is 42.7. The van der Waals surface area contributed by atoms with E-state index in [1.165, 1.54) is 20.2 Å². The lowest BCUT2D eigenvalue weighted by atomic mass is 9.97. The average molecular weight is 531 g/mol. The molecule has 0 spiro atoms. The van der Waals surface area contributed by atoms with E-state index in [9.17, 15) is 5.11 Å². The van der Waals surface area contributed by atoms with Gasteiger partial charge in [0.15, 0.2) is 0 Å². The summed E-state index contributed by atoms with van der Waals surface area (Å²) in [5.74, 6) is 0. The molecule has 186 valence electrons. The zero-order valence-corrected chi connectivity index (χ0v) is 23.4. The molecule has 0 radical (unpaired) electrons. The van der Waals surface area contributed by atoms with E-state index in [-0.39, 0.29) is 9.33 Å². The Bertz CT molecular complexity index is 1120. The summed E-state index contributed by atoms with van der Waals surface area (Å²) < 4.78 is -0.176.